The molecule has 3 heterocycles. The van der Waals surface area contributed by atoms with E-state index in [9.17, 15) is 9.59 Å². The first-order valence-electron chi connectivity index (χ1n) is 10.9. The first kappa shape index (κ1) is 19.4. The van der Waals surface area contributed by atoms with Crippen LogP contribution < -0.4 is 0 Å². The molecule has 1 aromatic carbocycles. The van der Waals surface area contributed by atoms with E-state index in [1.165, 1.54) is 0 Å². The van der Waals surface area contributed by atoms with Crippen molar-refractivity contribution in [1.29, 1.82) is 0 Å². The number of carbonyl (C=O) groups excluding carboxylic acids is 2. The Balaban J connectivity index is 1.43. The van der Waals surface area contributed by atoms with Gasteiger partial charge in [-0.3, -0.25) is 9.59 Å². The number of hydrogen-bond donors (Lipinski definition) is 0. The van der Waals surface area contributed by atoms with Crippen LogP contribution in [0, 0.1) is 5.92 Å². The standard InChI is InChI=1S/C23H32N2O3/c1-3-16(4-2)8-11-22(26)24-12-18-9-10-19(13-24)25(18)23(27)20-7-5-6-17-14-28-15-21(17)20/h5-7,16,18-19H,3-4,8-15H2,1-2H3/t18-,19+. The highest BCUT2D eigenvalue weighted by Gasteiger charge is 2.44. The van der Waals surface area contributed by atoms with Crippen LogP contribution in [-0.2, 0) is 22.7 Å². The molecule has 2 atom stereocenters. The highest BCUT2D eigenvalue weighted by Crippen LogP contribution is 2.34. The fourth-order valence-electron chi connectivity index (χ4n) is 5.16. The zero-order valence-electron chi connectivity index (χ0n) is 17.2. The van der Waals surface area contributed by atoms with Crippen LogP contribution in [0.3, 0.4) is 0 Å². The van der Waals surface area contributed by atoms with E-state index in [1.54, 1.807) is 0 Å². The number of carbonyl (C=O) groups is 2. The average Bonchev–Trinajstić information content (AvgIpc) is 3.29. The number of piperazine rings is 1. The minimum absolute atomic E-state index is 0.124. The van der Waals surface area contributed by atoms with Gasteiger partial charge in [-0.05, 0) is 42.4 Å². The molecule has 0 radical (unpaired) electrons. The molecular weight excluding hydrogens is 352 g/mol. The molecule has 5 heteroatoms. The Bertz CT molecular complexity index is 729. The second-order valence-corrected chi connectivity index (χ2v) is 8.55. The lowest BCUT2D eigenvalue weighted by Gasteiger charge is -2.41. The fraction of sp³-hybridized carbons (Fsp3) is 0.652. The van der Waals surface area contributed by atoms with Crippen LogP contribution in [0.15, 0.2) is 18.2 Å². The van der Waals surface area contributed by atoms with Crippen LogP contribution in [-0.4, -0.2) is 46.8 Å². The zero-order valence-corrected chi connectivity index (χ0v) is 17.2. The molecule has 0 unspecified atom stereocenters. The summed E-state index contributed by atoms with van der Waals surface area (Å²) < 4.78 is 5.55. The summed E-state index contributed by atoms with van der Waals surface area (Å²) in [7, 11) is 0. The second kappa shape index (κ2) is 8.24. The molecule has 5 nitrogen and oxygen atoms in total. The monoisotopic (exact) mass is 384 g/mol. The molecule has 0 N–H and O–H groups in total. The van der Waals surface area contributed by atoms with Gasteiger partial charge in [-0.25, -0.2) is 0 Å². The minimum Gasteiger partial charge on any atom is -0.372 e. The van der Waals surface area contributed by atoms with Crippen molar-refractivity contribution < 1.29 is 14.3 Å². The summed E-state index contributed by atoms with van der Waals surface area (Å²) in [6.07, 6.45) is 5.90. The third-order valence-electron chi connectivity index (χ3n) is 7.00. The summed E-state index contributed by atoms with van der Waals surface area (Å²) >= 11 is 0. The van der Waals surface area contributed by atoms with Gasteiger partial charge < -0.3 is 14.5 Å². The predicted octanol–water partition coefficient (Wildman–Crippen LogP) is 3.75. The van der Waals surface area contributed by atoms with Crippen LogP contribution in [0.2, 0.25) is 0 Å². The average molecular weight is 385 g/mol. The lowest BCUT2D eigenvalue weighted by atomic mass is 9.97. The number of likely N-dealkylation sites (tertiary alicyclic amines) is 1. The number of hydrogen-bond acceptors (Lipinski definition) is 3. The molecule has 0 aromatic heterocycles. The summed E-state index contributed by atoms with van der Waals surface area (Å²) in [6.45, 7) is 6.91. The highest BCUT2D eigenvalue weighted by molar-refractivity contribution is 5.97. The number of benzene rings is 1. The van der Waals surface area contributed by atoms with Crippen LogP contribution in [0.1, 0.15) is 73.9 Å². The molecule has 152 valence electrons. The van der Waals surface area contributed by atoms with Gasteiger partial charge in [0.05, 0.1) is 25.3 Å². The van der Waals surface area contributed by atoms with Gasteiger partial charge in [0.1, 0.15) is 0 Å². The van der Waals surface area contributed by atoms with Crippen LogP contribution in [0.4, 0.5) is 0 Å². The van der Waals surface area contributed by atoms with E-state index in [1.807, 2.05) is 23.1 Å². The van der Waals surface area contributed by atoms with E-state index >= 15 is 0 Å². The van der Waals surface area contributed by atoms with Gasteiger partial charge in [-0.1, -0.05) is 38.8 Å². The van der Waals surface area contributed by atoms with Gasteiger partial charge >= 0.3 is 0 Å². The van der Waals surface area contributed by atoms with E-state index in [-0.39, 0.29) is 23.9 Å². The van der Waals surface area contributed by atoms with Crippen LogP contribution in [0.5, 0.6) is 0 Å². The maximum Gasteiger partial charge on any atom is 0.254 e. The smallest absolute Gasteiger partial charge is 0.254 e. The van der Waals surface area contributed by atoms with Crippen LogP contribution >= 0.6 is 0 Å². The molecule has 2 fully saturated rings. The molecule has 3 aliphatic heterocycles. The first-order chi connectivity index (χ1) is 13.6. The summed E-state index contributed by atoms with van der Waals surface area (Å²) in [6, 6.07) is 6.25. The van der Waals surface area contributed by atoms with E-state index < -0.39 is 0 Å². The van der Waals surface area contributed by atoms with Crippen molar-refractivity contribution in [1.82, 2.24) is 9.80 Å². The number of nitrogens with zero attached hydrogens (tertiary/aromatic N) is 2. The molecule has 2 bridgehead atoms. The summed E-state index contributed by atoms with van der Waals surface area (Å²) in [5.41, 5.74) is 2.98. The van der Waals surface area contributed by atoms with Crippen molar-refractivity contribution in [2.45, 2.75) is 77.7 Å². The van der Waals surface area contributed by atoms with Crippen molar-refractivity contribution in [3.8, 4) is 0 Å². The lowest BCUT2D eigenvalue weighted by molar-refractivity contribution is -0.134. The molecule has 0 spiro atoms. The van der Waals surface area contributed by atoms with E-state index in [4.69, 9.17) is 4.74 Å². The van der Waals surface area contributed by atoms with Gasteiger partial charge in [0.25, 0.3) is 5.91 Å². The zero-order chi connectivity index (χ0) is 19.7. The fourth-order valence-corrected chi connectivity index (χ4v) is 5.16. The summed E-state index contributed by atoms with van der Waals surface area (Å²) in [5.74, 6) is 1.04. The first-order valence-corrected chi connectivity index (χ1v) is 10.9. The molecule has 28 heavy (non-hydrogen) atoms. The molecule has 2 saturated heterocycles. The Kier molecular flexibility index (Phi) is 5.72. The molecule has 0 aliphatic carbocycles. The Labute approximate surface area is 168 Å². The molecule has 0 saturated carbocycles. The normalized spacial score (nSPS) is 23.4. The SMILES string of the molecule is CCC(CC)CCC(=O)N1C[C@H]2CC[C@@H](C1)N2C(=O)c1cccc2c1COC2. The molecule has 4 rings (SSSR count). The Morgan fingerprint density at radius 1 is 1.11 bits per heavy atom. The molecule has 2 amide bonds. The molecule has 1 aromatic rings. The Hall–Kier alpha value is -1.88. The lowest BCUT2D eigenvalue weighted by Crippen LogP contribution is -2.57. The maximum atomic E-state index is 13.4. The van der Waals surface area contributed by atoms with E-state index in [2.05, 4.69) is 18.7 Å². The van der Waals surface area contributed by atoms with Gasteiger partial charge in [0, 0.05) is 25.1 Å². The van der Waals surface area contributed by atoms with Crippen molar-refractivity contribution in [2.75, 3.05) is 13.1 Å². The van der Waals surface area contributed by atoms with Gasteiger partial charge in [0.15, 0.2) is 0 Å². The topological polar surface area (TPSA) is 49.9 Å². The summed E-state index contributed by atoms with van der Waals surface area (Å²) in [5, 5.41) is 0. The molecular formula is C23H32N2O3. The van der Waals surface area contributed by atoms with Gasteiger partial charge in [-0.2, -0.15) is 0 Å². The van der Waals surface area contributed by atoms with E-state index in [0.717, 1.165) is 48.8 Å². The predicted molar refractivity (Wildman–Crippen MR) is 108 cm³/mol. The molecule has 3 aliphatic rings. The van der Waals surface area contributed by atoms with Crippen molar-refractivity contribution in [3.63, 3.8) is 0 Å². The van der Waals surface area contributed by atoms with Crippen molar-refractivity contribution in [3.05, 3.63) is 34.9 Å². The minimum atomic E-state index is 0.124. The number of ether oxygens (including phenoxy) is 1. The van der Waals surface area contributed by atoms with Crippen LogP contribution in [0.25, 0.3) is 0 Å². The van der Waals surface area contributed by atoms with Gasteiger partial charge in [-0.15, -0.1) is 0 Å². The summed E-state index contributed by atoms with van der Waals surface area (Å²) in [4.78, 5) is 30.2. The second-order valence-electron chi connectivity index (χ2n) is 8.55. The van der Waals surface area contributed by atoms with Gasteiger partial charge in [0.2, 0.25) is 5.91 Å². The number of rotatable bonds is 6. The highest BCUT2D eigenvalue weighted by atomic mass is 16.5. The number of fused-ring (bicyclic) bond motifs is 3. The Morgan fingerprint density at radius 3 is 2.50 bits per heavy atom. The Morgan fingerprint density at radius 2 is 1.82 bits per heavy atom. The maximum absolute atomic E-state index is 13.4. The third-order valence-corrected chi connectivity index (χ3v) is 7.00. The quantitative estimate of drug-likeness (QED) is 0.751. The number of amides is 2. The largest absolute Gasteiger partial charge is 0.372 e. The third kappa shape index (κ3) is 3.57. The van der Waals surface area contributed by atoms with E-state index in [0.29, 0.717) is 38.6 Å². The van der Waals surface area contributed by atoms with Crippen molar-refractivity contribution in [2.24, 2.45) is 5.92 Å². The van der Waals surface area contributed by atoms with Crippen molar-refractivity contribution >= 4 is 11.8 Å².